The van der Waals surface area contributed by atoms with Crippen LogP contribution in [0.5, 0.6) is 0 Å². The molecule has 1 aliphatic heterocycles. The zero-order valence-corrected chi connectivity index (χ0v) is 15.7. The first-order valence-corrected chi connectivity index (χ1v) is 8.84. The lowest BCUT2D eigenvalue weighted by molar-refractivity contribution is -0.301. The number of alkyl carbamates (subject to hydrolysis) is 1. The third-order valence-corrected chi connectivity index (χ3v) is 4.27. The predicted molar refractivity (Wildman–Crippen MR) is 95.3 cm³/mol. The Labute approximate surface area is 166 Å². The molecule has 2 rings (SSSR count). The standard InChI is InChI=1S/C18H25NO10/c1-26-16(24)11(19-18(25)28-8-10-5-3-2-4-6-10)9-27-17-15(23)14(22)13(21)12(7-20)29-17/h2-6,11-15,17,20-23H,7-9H2,1H3,(H,19,25)/t11-,12-,13+,14+,15-,17-/m1/s1. The summed E-state index contributed by atoms with van der Waals surface area (Å²) in [6, 6.07) is 7.59. The molecule has 29 heavy (non-hydrogen) atoms. The summed E-state index contributed by atoms with van der Waals surface area (Å²) in [6.07, 6.45) is -8.35. The largest absolute Gasteiger partial charge is 0.467 e. The summed E-state index contributed by atoms with van der Waals surface area (Å²) in [5.41, 5.74) is 0.745. The molecule has 0 unspecified atom stereocenters. The van der Waals surface area contributed by atoms with Gasteiger partial charge < -0.3 is 44.7 Å². The second-order valence-electron chi connectivity index (χ2n) is 6.31. The predicted octanol–water partition coefficient (Wildman–Crippen LogP) is -1.73. The molecule has 11 heteroatoms. The zero-order chi connectivity index (χ0) is 21.4. The molecule has 1 amide bonds. The minimum atomic E-state index is -1.64. The van der Waals surface area contributed by atoms with Gasteiger partial charge in [-0.1, -0.05) is 30.3 Å². The number of aliphatic hydroxyl groups is 4. The fourth-order valence-corrected chi connectivity index (χ4v) is 2.61. The maximum atomic E-state index is 12.0. The van der Waals surface area contributed by atoms with Crippen LogP contribution in [0.25, 0.3) is 0 Å². The van der Waals surface area contributed by atoms with E-state index in [9.17, 15) is 30.0 Å². The SMILES string of the molecule is COC(=O)[C@@H](CO[C@@H]1O[C@H](CO)[C@H](O)[C@H](O)[C@H]1O)NC(=O)OCc1ccccc1. The lowest BCUT2D eigenvalue weighted by atomic mass is 9.99. The lowest BCUT2D eigenvalue weighted by Gasteiger charge is -2.39. The summed E-state index contributed by atoms with van der Waals surface area (Å²) in [5, 5.41) is 40.9. The minimum Gasteiger partial charge on any atom is -0.467 e. The van der Waals surface area contributed by atoms with E-state index in [1.807, 2.05) is 6.07 Å². The molecule has 0 bridgehead atoms. The molecule has 1 fully saturated rings. The zero-order valence-electron chi connectivity index (χ0n) is 15.7. The maximum Gasteiger partial charge on any atom is 0.408 e. The highest BCUT2D eigenvalue weighted by atomic mass is 16.7. The first-order valence-electron chi connectivity index (χ1n) is 8.84. The van der Waals surface area contributed by atoms with Crippen molar-refractivity contribution in [2.45, 2.75) is 43.4 Å². The Morgan fingerprint density at radius 3 is 2.45 bits per heavy atom. The van der Waals surface area contributed by atoms with Crippen molar-refractivity contribution < 1.29 is 49.0 Å². The Kier molecular flexibility index (Phi) is 8.76. The van der Waals surface area contributed by atoms with Gasteiger partial charge in [0.25, 0.3) is 0 Å². The fraction of sp³-hybridized carbons (Fsp3) is 0.556. The molecule has 1 aliphatic rings. The Morgan fingerprint density at radius 2 is 1.83 bits per heavy atom. The first kappa shape index (κ1) is 23.0. The normalized spacial score (nSPS) is 27.7. The third kappa shape index (κ3) is 6.35. The monoisotopic (exact) mass is 415 g/mol. The molecule has 1 heterocycles. The number of amides is 1. The molecule has 1 saturated heterocycles. The van der Waals surface area contributed by atoms with Crippen LogP contribution in [-0.2, 0) is 30.3 Å². The number of nitrogens with one attached hydrogen (secondary N) is 1. The molecule has 11 nitrogen and oxygen atoms in total. The van der Waals surface area contributed by atoms with E-state index in [2.05, 4.69) is 10.1 Å². The van der Waals surface area contributed by atoms with Gasteiger partial charge in [0.2, 0.25) is 0 Å². The molecule has 0 aromatic heterocycles. The molecule has 5 N–H and O–H groups in total. The van der Waals surface area contributed by atoms with Gasteiger partial charge in [0.1, 0.15) is 31.0 Å². The number of carbonyl (C=O) groups is 2. The highest BCUT2D eigenvalue weighted by Crippen LogP contribution is 2.22. The quantitative estimate of drug-likeness (QED) is 0.308. The highest BCUT2D eigenvalue weighted by molar-refractivity contribution is 5.81. The Hall–Kier alpha value is -2.28. The minimum absolute atomic E-state index is 0.0197. The average molecular weight is 415 g/mol. The number of ether oxygens (including phenoxy) is 4. The summed E-state index contributed by atoms with van der Waals surface area (Å²) in [6.45, 7) is -1.14. The van der Waals surface area contributed by atoms with Crippen LogP contribution < -0.4 is 5.32 Å². The number of hydrogen-bond donors (Lipinski definition) is 5. The summed E-state index contributed by atoms with van der Waals surface area (Å²) < 4.78 is 20.1. The van der Waals surface area contributed by atoms with Crippen LogP contribution in [0.15, 0.2) is 30.3 Å². The van der Waals surface area contributed by atoms with Gasteiger partial charge in [0.05, 0.1) is 20.3 Å². The van der Waals surface area contributed by atoms with E-state index in [-0.39, 0.29) is 6.61 Å². The van der Waals surface area contributed by atoms with Gasteiger partial charge in [0.15, 0.2) is 12.3 Å². The van der Waals surface area contributed by atoms with Gasteiger partial charge in [0, 0.05) is 0 Å². The van der Waals surface area contributed by atoms with Crippen molar-refractivity contribution in [3.8, 4) is 0 Å². The van der Waals surface area contributed by atoms with Crippen molar-refractivity contribution in [1.29, 1.82) is 0 Å². The number of esters is 1. The Bertz CT molecular complexity index is 655. The van der Waals surface area contributed by atoms with Crippen molar-refractivity contribution in [3.63, 3.8) is 0 Å². The molecule has 162 valence electrons. The van der Waals surface area contributed by atoms with E-state index in [1.165, 1.54) is 0 Å². The number of hydrogen-bond acceptors (Lipinski definition) is 10. The van der Waals surface area contributed by atoms with Crippen LogP contribution in [-0.4, -0.2) is 89.6 Å². The van der Waals surface area contributed by atoms with Crippen LogP contribution in [0.4, 0.5) is 4.79 Å². The second kappa shape index (κ2) is 11.0. The Balaban J connectivity index is 1.91. The number of benzene rings is 1. The smallest absolute Gasteiger partial charge is 0.408 e. The van der Waals surface area contributed by atoms with Gasteiger partial charge in [-0.05, 0) is 5.56 Å². The van der Waals surface area contributed by atoms with E-state index < -0.39 is 62.0 Å². The van der Waals surface area contributed by atoms with Gasteiger partial charge in [-0.2, -0.15) is 0 Å². The van der Waals surface area contributed by atoms with Crippen molar-refractivity contribution in [1.82, 2.24) is 5.32 Å². The van der Waals surface area contributed by atoms with E-state index in [0.717, 1.165) is 12.7 Å². The molecule has 1 aromatic rings. The second-order valence-corrected chi connectivity index (χ2v) is 6.31. The molecule has 1 aromatic carbocycles. The van der Waals surface area contributed by atoms with Crippen LogP contribution in [0.2, 0.25) is 0 Å². The van der Waals surface area contributed by atoms with Gasteiger partial charge in [-0.3, -0.25) is 0 Å². The van der Waals surface area contributed by atoms with Crippen LogP contribution >= 0.6 is 0 Å². The number of rotatable bonds is 8. The van der Waals surface area contributed by atoms with Gasteiger partial charge in [-0.15, -0.1) is 0 Å². The molecule has 0 spiro atoms. The molecule has 0 aliphatic carbocycles. The van der Waals surface area contributed by atoms with E-state index in [1.54, 1.807) is 24.3 Å². The summed E-state index contributed by atoms with van der Waals surface area (Å²) >= 11 is 0. The molecule has 0 saturated carbocycles. The highest BCUT2D eigenvalue weighted by Gasteiger charge is 2.44. The van der Waals surface area contributed by atoms with E-state index in [4.69, 9.17) is 14.2 Å². The maximum absolute atomic E-state index is 12.0. The summed E-state index contributed by atoms with van der Waals surface area (Å²) in [7, 11) is 1.11. The van der Waals surface area contributed by atoms with E-state index >= 15 is 0 Å². The van der Waals surface area contributed by atoms with Gasteiger partial charge in [-0.25, -0.2) is 9.59 Å². The van der Waals surface area contributed by atoms with Crippen LogP contribution in [0, 0.1) is 0 Å². The number of methoxy groups -OCH3 is 1. The summed E-state index contributed by atoms with van der Waals surface area (Å²) in [4.78, 5) is 23.9. The fourth-order valence-electron chi connectivity index (χ4n) is 2.61. The third-order valence-electron chi connectivity index (χ3n) is 4.27. The molecule has 6 atom stereocenters. The average Bonchev–Trinajstić information content (AvgIpc) is 2.74. The topological polar surface area (TPSA) is 164 Å². The van der Waals surface area contributed by atoms with Crippen molar-refractivity contribution in [2.24, 2.45) is 0 Å². The molecular weight excluding hydrogens is 390 g/mol. The molecule has 0 radical (unpaired) electrons. The lowest BCUT2D eigenvalue weighted by Crippen LogP contribution is -2.59. The summed E-state index contributed by atoms with van der Waals surface area (Å²) in [5.74, 6) is -0.841. The molecular formula is C18H25NO10. The van der Waals surface area contributed by atoms with Gasteiger partial charge >= 0.3 is 12.1 Å². The number of aliphatic hydroxyl groups excluding tert-OH is 4. The van der Waals surface area contributed by atoms with Crippen LogP contribution in [0.1, 0.15) is 5.56 Å². The van der Waals surface area contributed by atoms with E-state index in [0.29, 0.717) is 0 Å². The number of carbonyl (C=O) groups excluding carboxylic acids is 2. The van der Waals surface area contributed by atoms with Crippen molar-refractivity contribution in [3.05, 3.63) is 35.9 Å². The Morgan fingerprint density at radius 1 is 1.14 bits per heavy atom. The first-order chi connectivity index (χ1) is 13.9. The van der Waals surface area contributed by atoms with Crippen LogP contribution in [0.3, 0.4) is 0 Å². The van der Waals surface area contributed by atoms with Crippen molar-refractivity contribution in [2.75, 3.05) is 20.3 Å². The van der Waals surface area contributed by atoms with Crippen molar-refractivity contribution >= 4 is 12.1 Å².